The zero-order valence-electron chi connectivity index (χ0n) is 11.0. The summed E-state index contributed by atoms with van der Waals surface area (Å²) in [4.78, 5) is 4.20. The lowest BCUT2D eigenvalue weighted by Crippen LogP contribution is -2.47. The van der Waals surface area contributed by atoms with E-state index in [9.17, 15) is 0 Å². The molecule has 0 aromatic heterocycles. The molecule has 1 aliphatic rings. The molecule has 16 heavy (non-hydrogen) atoms. The van der Waals surface area contributed by atoms with Gasteiger partial charge in [-0.05, 0) is 39.5 Å². The van der Waals surface area contributed by atoms with Crippen LogP contribution >= 0.6 is 24.0 Å². The fourth-order valence-electron chi connectivity index (χ4n) is 1.54. The summed E-state index contributed by atoms with van der Waals surface area (Å²) >= 11 is 0. The summed E-state index contributed by atoms with van der Waals surface area (Å²) in [6.07, 6.45) is 5.54. The molecule has 1 fully saturated rings. The first kappa shape index (κ1) is 16.0. The molecule has 0 radical (unpaired) electrons. The average Bonchev–Trinajstić information content (AvgIpc) is 2.92. The lowest BCUT2D eigenvalue weighted by Gasteiger charge is -2.23. The topological polar surface area (TPSA) is 36.4 Å². The van der Waals surface area contributed by atoms with Crippen molar-refractivity contribution in [3.8, 4) is 0 Å². The number of aliphatic imine (C=N–C) groups is 1. The number of guanidine groups is 1. The van der Waals surface area contributed by atoms with Crippen molar-refractivity contribution in [3.05, 3.63) is 0 Å². The van der Waals surface area contributed by atoms with Crippen LogP contribution in [0.3, 0.4) is 0 Å². The smallest absolute Gasteiger partial charge is 0.191 e. The Kier molecular flexibility index (Phi) is 7.35. The second kappa shape index (κ2) is 7.35. The van der Waals surface area contributed by atoms with E-state index in [1.807, 2.05) is 7.05 Å². The first-order chi connectivity index (χ1) is 7.01. The molecular formula is C12H26IN3. The van der Waals surface area contributed by atoms with Crippen LogP contribution in [0.4, 0.5) is 0 Å². The summed E-state index contributed by atoms with van der Waals surface area (Å²) in [6.45, 7) is 7.46. The second-order valence-corrected chi connectivity index (χ2v) is 5.46. The van der Waals surface area contributed by atoms with Crippen LogP contribution in [0.2, 0.25) is 0 Å². The summed E-state index contributed by atoms with van der Waals surface area (Å²) in [5.41, 5.74) is 0.0817. The molecule has 1 saturated carbocycles. The molecule has 0 aliphatic heterocycles. The first-order valence-corrected chi connectivity index (χ1v) is 6.00. The molecule has 0 atom stereocenters. The SMILES string of the molecule is CN=C(NCCCC1CC1)NC(C)(C)C.I. The van der Waals surface area contributed by atoms with E-state index in [0.29, 0.717) is 0 Å². The van der Waals surface area contributed by atoms with Crippen molar-refractivity contribution in [2.75, 3.05) is 13.6 Å². The van der Waals surface area contributed by atoms with Gasteiger partial charge in [-0.1, -0.05) is 12.8 Å². The summed E-state index contributed by atoms with van der Waals surface area (Å²) in [6, 6.07) is 0. The highest BCUT2D eigenvalue weighted by atomic mass is 127. The van der Waals surface area contributed by atoms with Crippen molar-refractivity contribution in [2.24, 2.45) is 10.9 Å². The number of rotatable bonds is 4. The van der Waals surface area contributed by atoms with Gasteiger partial charge in [0.25, 0.3) is 0 Å². The van der Waals surface area contributed by atoms with Gasteiger partial charge in [0.05, 0.1) is 0 Å². The zero-order chi connectivity index (χ0) is 11.3. The van der Waals surface area contributed by atoms with Crippen LogP contribution in [0.1, 0.15) is 46.5 Å². The molecule has 0 amide bonds. The normalized spacial score (nSPS) is 16.6. The molecule has 0 unspecified atom stereocenters. The molecule has 4 heteroatoms. The monoisotopic (exact) mass is 339 g/mol. The zero-order valence-corrected chi connectivity index (χ0v) is 13.3. The second-order valence-electron chi connectivity index (χ2n) is 5.46. The molecule has 1 aliphatic carbocycles. The molecule has 0 aromatic rings. The minimum Gasteiger partial charge on any atom is -0.356 e. The third-order valence-electron chi connectivity index (χ3n) is 2.50. The van der Waals surface area contributed by atoms with Crippen LogP contribution in [0.15, 0.2) is 4.99 Å². The van der Waals surface area contributed by atoms with Crippen LogP contribution in [0.5, 0.6) is 0 Å². The van der Waals surface area contributed by atoms with Gasteiger partial charge >= 0.3 is 0 Å². The Bertz CT molecular complexity index is 217. The molecular weight excluding hydrogens is 313 g/mol. The molecule has 0 bridgehead atoms. The lowest BCUT2D eigenvalue weighted by atomic mass is 10.1. The van der Waals surface area contributed by atoms with Crippen molar-refractivity contribution in [1.82, 2.24) is 10.6 Å². The van der Waals surface area contributed by atoms with Crippen molar-refractivity contribution in [2.45, 2.75) is 52.0 Å². The average molecular weight is 339 g/mol. The summed E-state index contributed by atoms with van der Waals surface area (Å²) in [5, 5.41) is 6.70. The molecule has 0 saturated heterocycles. The highest BCUT2D eigenvalue weighted by Crippen LogP contribution is 2.33. The predicted octanol–water partition coefficient (Wildman–Crippen LogP) is 2.76. The minimum atomic E-state index is 0. The standard InChI is InChI=1S/C12H25N3.HI/c1-12(2,3)15-11(13-4)14-9-5-6-10-7-8-10;/h10H,5-9H2,1-4H3,(H2,13,14,15);1H. The van der Waals surface area contributed by atoms with Gasteiger partial charge in [0, 0.05) is 19.1 Å². The van der Waals surface area contributed by atoms with E-state index in [2.05, 4.69) is 36.4 Å². The summed E-state index contributed by atoms with van der Waals surface area (Å²) in [5.74, 6) is 1.95. The van der Waals surface area contributed by atoms with Crippen molar-refractivity contribution in [3.63, 3.8) is 0 Å². The van der Waals surface area contributed by atoms with Crippen LogP contribution in [0, 0.1) is 5.92 Å². The molecule has 3 nitrogen and oxygen atoms in total. The fraction of sp³-hybridized carbons (Fsp3) is 0.917. The largest absolute Gasteiger partial charge is 0.356 e. The third-order valence-corrected chi connectivity index (χ3v) is 2.50. The van der Waals surface area contributed by atoms with Crippen LogP contribution < -0.4 is 10.6 Å². The van der Waals surface area contributed by atoms with E-state index in [1.165, 1.54) is 25.7 Å². The Hall–Kier alpha value is 0. The van der Waals surface area contributed by atoms with Crippen LogP contribution in [-0.2, 0) is 0 Å². The van der Waals surface area contributed by atoms with Crippen molar-refractivity contribution < 1.29 is 0 Å². The van der Waals surface area contributed by atoms with E-state index >= 15 is 0 Å². The number of hydrogen-bond donors (Lipinski definition) is 2. The minimum absolute atomic E-state index is 0. The molecule has 2 N–H and O–H groups in total. The Morgan fingerprint density at radius 2 is 1.94 bits per heavy atom. The Morgan fingerprint density at radius 3 is 2.38 bits per heavy atom. The van der Waals surface area contributed by atoms with Gasteiger partial charge in [-0.3, -0.25) is 4.99 Å². The Balaban J connectivity index is 0.00000225. The lowest BCUT2D eigenvalue weighted by molar-refractivity contribution is 0.499. The molecule has 96 valence electrons. The predicted molar refractivity (Wildman–Crippen MR) is 81.6 cm³/mol. The number of nitrogens with zero attached hydrogens (tertiary/aromatic N) is 1. The number of hydrogen-bond acceptors (Lipinski definition) is 1. The van der Waals surface area contributed by atoms with E-state index in [1.54, 1.807) is 0 Å². The third kappa shape index (κ3) is 8.19. The highest BCUT2D eigenvalue weighted by molar-refractivity contribution is 14.0. The quantitative estimate of drug-likeness (QED) is 0.358. The van der Waals surface area contributed by atoms with E-state index < -0.39 is 0 Å². The first-order valence-electron chi connectivity index (χ1n) is 6.00. The van der Waals surface area contributed by atoms with Gasteiger partial charge < -0.3 is 10.6 Å². The van der Waals surface area contributed by atoms with Gasteiger partial charge in [-0.15, -0.1) is 24.0 Å². The van der Waals surface area contributed by atoms with Gasteiger partial charge in [0.15, 0.2) is 5.96 Å². The maximum atomic E-state index is 4.20. The molecule has 0 aromatic carbocycles. The number of halogens is 1. The number of nitrogens with one attached hydrogen (secondary N) is 2. The Labute approximate surface area is 117 Å². The maximum Gasteiger partial charge on any atom is 0.191 e. The van der Waals surface area contributed by atoms with E-state index in [4.69, 9.17) is 0 Å². The van der Waals surface area contributed by atoms with Gasteiger partial charge in [0.1, 0.15) is 0 Å². The molecule has 1 rings (SSSR count). The maximum absolute atomic E-state index is 4.20. The van der Waals surface area contributed by atoms with E-state index in [0.717, 1.165) is 18.4 Å². The van der Waals surface area contributed by atoms with Crippen molar-refractivity contribution >= 4 is 29.9 Å². The van der Waals surface area contributed by atoms with Crippen molar-refractivity contribution in [1.29, 1.82) is 0 Å². The molecule has 0 heterocycles. The highest BCUT2D eigenvalue weighted by Gasteiger charge is 2.20. The van der Waals surface area contributed by atoms with Crippen LogP contribution in [0.25, 0.3) is 0 Å². The summed E-state index contributed by atoms with van der Waals surface area (Å²) < 4.78 is 0. The molecule has 0 spiro atoms. The summed E-state index contributed by atoms with van der Waals surface area (Å²) in [7, 11) is 1.82. The van der Waals surface area contributed by atoms with Crippen LogP contribution in [-0.4, -0.2) is 25.1 Å². The fourth-order valence-corrected chi connectivity index (χ4v) is 1.54. The van der Waals surface area contributed by atoms with Gasteiger partial charge in [0.2, 0.25) is 0 Å². The Morgan fingerprint density at radius 1 is 1.31 bits per heavy atom. The van der Waals surface area contributed by atoms with Gasteiger partial charge in [-0.2, -0.15) is 0 Å². The van der Waals surface area contributed by atoms with E-state index in [-0.39, 0.29) is 29.5 Å². The van der Waals surface area contributed by atoms with Gasteiger partial charge in [-0.25, -0.2) is 0 Å².